The number of fused-ring (bicyclic) bond motifs is 1. The number of rotatable bonds is 5. The highest BCUT2D eigenvalue weighted by Crippen LogP contribution is 2.26. The molecule has 0 unspecified atom stereocenters. The van der Waals surface area contributed by atoms with Crippen LogP contribution < -0.4 is 10.1 Å². The molecule has 1 aliphatic rings. The Morgan fingerprint density at radius 2 is 1.79 bits per heavy atom. The lowest BCUT2D eigenvalue weighted by Crippen LogP contribution is -2.27. The van der Waals surface area contributed by atoms with Gasteiger partial charge in [-0.1, -0.05) is 30.3 Å². The molecule has 1 atom stereocenters. The van der Waals surface area contributed by atoms with Gasteiger partial charge < -0.3 is 10.1 Å². The molecule has 2 aromatic carbocycles. The highest BCUT2D eigenvalue weighted by Gasteiger charge is 2.18. The molecule has 1 amide bonds. The Hall–Kier alpha value is -2.29. The number of aryl methyl sites for hydroxylation is 2. The molecule has 0 saturated heterocycles. The first-order valence-electron chi connectivity index (χ1n) is 8.73. The van der Waals surface area contributed by atoms with E-state index in [1.165, 1.54) is 24.0 Å². The highest BCUT2D eigenvalue weighted by molar-refractivity contribution is 5.97. The first-order valence-corrected chi connectivity index (χ1v) is 8.73. The number of para-hydroxylation sites is 1. The third-order valence-corrected chi connectivity index (χ3v) is 4.46. The Morgan fingerprint density at radius 3 is 2.58 bits per heavy atom. The van der Waals surface area contributed by atoms with Crippen LogP contribution in [0.3, 0.4) is 0 Å². The van der Waals surface area contributed by atoms with Crippen LogP contribution in [0.15, 0.2) is 42.5 Å². The van der Waals surface area contributed by atoms with Crippen LogP contribution in [0.2, 0.25) is 0 Å². The summed E-state index contributed by atoms with van der Waals surface area (Å²) in [6, 6.07) is 13.9. The van der Waals surface area contributed by atoms with Gasteiger partial charge in [0.15, 0.2) is 0 Å². The Morgan fingerprint density at radius 1 is 1.04 bits per heavy atom. The summed E-state index contributed by atoms with van der Waals surface area (Å²) in [5.74, 6) is 0.533. The Kier molecular flexibility index (Phi) is 4.89. The summed E-state index contributed by atoms with van der Waals surface area (Å²) in [4.78, 5) is 12.7. The molecule has 0 aliphatic heterocycles. The van der Waals surface area contributed by atoms with Gasteiger partial charge in [0.25, 0.3) is 5.91 Å². The lowest BCUT2D eigenvalue weighted by Gasteiger charge is -2.18. The normalized spacial score (nSPS) is 14.3. The van der Waals surface area contributed by atoms with E-state index in [0.29, 0.717) is 11.3 Å². The molecule has 3 heteroatoms. The number of carbonyl (C=O) groups excluding carboxylic acids is 1. The average Bonchev–Trinajstić information content (AvgIpc) is 3.02. The zero-order valence-electron chi connectivity index (χ0n) is 14.6. The maximum absolute atomic E-state index is 12.7. The molecule has 0 radical (unpaired) electrons. The molecule has 0 aromatic heterocycles. The van der Waals surface area contributed by atoms with Crippen LogP contribution in [0.25, 0.3) is 0 Å². The van der Waals surface area contributed by atoms with E-state index in [9.17, 15) is 4.79 Å². The monoisotopic (exact) mass is 323 g/mol. The van der Waals surface area contributed by atoms with E-state index in [1.807, 2.05) is 45.0 Å². The van der Waals surface area contributed by atoms with Crippen molar-refractivity contribution in [3.8, 4) is 5.75 Å². The van der Waals surface area contributed by atoms with Gasteiger partial charge in [-0.25, -0.2) is 0 Å². The summed E-state index contributed by atoms with van der Waals surface area (Å²) in [6.45, 7) is 5.95. The molecule has 0 spiro atoms. The third-order valence-electron chi connectivity index (χ3n) is 4.46. The minimum absolute atomic E-state index is 0.0319. The second-order valence-electron chi connectivity index (χ2n) is 6.74. The molecule has 0 bridgehead atoms. The minimum atomic E-state index is -0.0979. The van der Waals surface area contributed by atoms with Crippen LogP contribution in [0.5, 0.6) is 5.75 Å². The second-order valence-corrected chi connectivity index (χ2v) is 6.74. The van der Waals surface area contributed by atoms with Crippen molar-refractivity contribution < 1.29 is 9.53 Å². The van der Waals surface area contributed by atoms with Crippen molar-refractivity contribution >= 4 is 5.91 Å². The largest absolute Gasteiger partial charge is 0.490 e. The minimum Gasteiger partial charge on any atom is -0.490 e. The SMILES string of the molecule is CC(C)Oc1ccccc1C(=O)N[C@H](C)c1ccc2c(c1)CCC2. The summed E-state index contributed by atoms with van der Waals surface area (Å²) in [5, 5.41) is 3.10. The van der Waals surface area contributed by atoms with Crippen molar-refractivity contribution in [3.05, 3.63) is 64.7 Å². The van der Waals surface area contributed by atoms with Crippen molar-refractivity contribution in [1.82, 2.24) is 5.32 Å². The van der Waals surface area contributed by atoms with Crippen molar-refractivity contribution in [2.45, 2.75) is 52.2 Å². The standard InChI is InChI=1S/C21H25NO2/c1-14(2)24-20-10-5-4-9-19(20)21(23)22-15(3)17-12-11-16-7-6-8-18(16)13-17/h4-5,9-15H,6-8H2,1-3H3,(H,22,23)/t15-/m1/s1. The van der Waals surface area contributed by atoms with Gasteiger partial charge in [-0.3, -0.25) is 4.79 Å². The van der Waals surface area contributed by atoms with Gasteiger partial charge in [0.05, 0.1) is 17.7 Å². The molecule has 0 saturated carbocycles. The Labute approximate surface area is 144 Å². The van der Waals surface area contributed by atoms with E-state index < -0.39 is 0 Å². The molecule has 2 aromatic rings. The van der Waals surface area contributed by atoms with Crippen LogP contribution in [0, 0.1) is 0 Å². The Balaban J connectivity index is 1.75. The molecular weight excluding hydrogens is 298 g/mol. The van der Waals surface area contributed by atoms with Crippen molar-refractivity contribution in [2.75, 3.05) is 0 Å². The third kappa shape index (κ3) is 3.61. The van der Waals surface area contributed by atoms with Gasteiger partial charge >= 0.3 is 0 Å². The molecule has 0 heterocycles. The predicted octanol–water partition coefficient (Wildman–Crippen LogP) is 4.45. The van der Waals surface area contributed by atoms with E-state index in [4.69, 9.17) is 4.74 Å². The molecule has 0 fully saturated rings. The first-order chi connectivity index (χ1) is 11.5. The van der Waals surface area contributed by atoms with Crippen LogP contribution >= 0.6 is 0 Å². The Bertz CT molecular complexity index is 736. The van der Waals surface area contributed by atoms with Crippen LogP contribution in [-0.4, -0.2) is 12.0 Å². The van der Waals surface area contributed by atoms with Gasteiger partial charge in [-0.15, -0.1) is 0 Å². The van der Waals surface area contributed by atoms with Crippen LogP contribution in [0.4, 0.5) is 0 Å². The van der Waals surface area contributed by atoms with E-state index in [1.54, 1.807) is 0 Å². The first kappa shape index (κ1) is 16.6. The van der Waals surface area contributed by atoms with Gasteiger partial charge in [0, 0.05) is 0 Å². The van der Waals surface area contributed by atoms with Crippen molar-refractivity contribution in [3.63, 3.8) is 0 Å². The second kappa shape index (κ2) is 7.08. The summed E-state index contributed by atoms with van der Waals surface area (Å²) in [7, 11) is 0. The number of carbonyl (C=O) groups is 1. The quantitative estimate of drug-likeness (QED) is 0.882. The highest BCUT2D eigenvalue weighted by atomic mass is 16.5. The van der Waals surface area contributed by atoms with Crippen LogP contribution in [0.1, 0.15) is 60.3 Å². The zero-order chi connectivity index (χ0) is 17.1. The van der Waals surface area contributed by atoms with E-state index >= 15 is 0 Å². The number of amides is 1. The van der Waals surface area contributed by atoms with E-state index in [2.05, 4.69) is 23.5 Å². The van der Waals surface area contributed by atoms with Crippen molar-refractivity contribution in [2.24, 2.45) is 0 Å². The molecule has 3 nitrogen and oxygen atoms in total. The van der Waals surface area contributed by atoms with Gasteiger partial charge in [-0.05, 0) is 68.9 Å². The van der Waals surface area contributed by atoms with Crippen LogP contribution in [-0.2, 0) is 12.8 Å². The number of nitrogens with one attached hydrogen (secondary N) is 1. The summed E-state index contributed by atoms with van der Waals surface area (Å²) in [6.07, 6.45) is 3.60. The lowest BCUT2D eigenvalue weighted by molar-refractivity contribution is 0.0934. The van der Waals surface area contributed by atoms with Gasteiger partial charge in [-0.2, -0.15) is 0 Å². The molecule has 1 aliphatic carbocycles. The molecular formula is C21H25NO2. The maximum atomic E-state index is 12.7. The number of ether oxygens (including phenoxy) is 1. The summed E-state index contributed by atoms with van der Waals surface area (Å²) in [5.41, 5.74) is 4.62. The number of hydrogen-bond donors (Lipinski definition) is 1. The summed E-state index contributed by atoms with van der Waals surface area (Å²) >= 11 is 0. The topological polar surface area (TPSA) is 38.3 Å². The smallest absolute Gasteiger partial charge is 0.255 e. The molecule has 1 N–H and O–H groups in total. The van der Waals surface area contributed by atoms with Crippen molar-refractivity contribution in [1.29, 1.82) is 0 Å². The number of benzene rings is 2. The molecule has 3 rings (SSSR count). The fourth-order valence-corrected chi connectivity index (χ4v) is 3.23. The zero-order valence-corrected chi connectivity index (χ0v) is 14.6. The van der Waals surface area contributed by atoms with E-state index in [-0.39, 0.29) is 18.1 Å². The number of hydrogen-bond acceptors (Lipinski definition) is 2. The van der Waals surface area contributed by atoms with E-state index in [0.717, 1.165) is 12.0 Å². The van der Waals surface area contributed by atoms with Gasteiger partial charge in [0.1, 0.15) is 5.75 Å². The molecule has 126 valence electrons. The lowest BCUT2D eigenvalue weighted by atomic mass is 10.0. The average molecular weight is 323 g/mol. The molecule has 24 heavy (non-hydrogen) atoms. The maximum Gasteiger partial charge on any atom is 0.255 e. The fraction of sp³-hybridized carbons (Fsp3) is 0.381. The summed E-state index contributed by atoms with van der Waals surface area (Å²) < 4.78 is 5.75. The predicted molar refractivity (Wildman–Crippen MR) is 96.6 cm³/mol. The van der Waals surface area contributed by atoms with Gasteiger partial charge in [0.2, 0.25) is 0 Å². The fourth-order valence-electron chi connectivity index (χ4n) is 3.23.